The number of carbonyl (C=O) groups excluding carboxylic acids is 2. The van der Waals surface area contributed by atoms with E-state index in [0.717, 1.165) is 5.69 Å². The summed E-state index contributed by atoms with van der Waals surface area (Å²) in [6, 6.07) is 8.11. The molecule has 2 amide bonds. The second-order valence-corrected chi connectivity index (χ2v) is 5.08. The van der Waals surface area contributed by atoms with Gasteiger partial charge in [-0.15, -0.1) is 0 Å². The average Bonchev–Trinajstić information content (AvgIpc) is 2.87. The lowest BCUT2D eigenvalue weighted by Gasteiger charge is -2.05. The van der Waals surface area contributed by atoms with Gasteiger partial charge in [-0.05, 0) is 37.1 Å². The smallest absolute Gasteiger partial charge is 0.308 e. The second-order valence-electron chi connectivity index (χ2n) is 5.08. The molecular formula is C15H18N4O2. The summed E-state index contributed by atoms with van der Waals surface area (Å²) in [4.78, 5) is 23.0. The molecule has 2 rings (SSSR count). The monoisotopic (exact) mass is 286 g/mol. The molecule has 0 saturated carbocycles. The van der Waals surface area contributed by atoms with Crippen molar-refractivity contribution in [2.24, 2.45) is 0 Å². The van der Waals surface area contributed by atoms with Gasteiger partial charge in [0.15, 0.2) is 11.6 Å². The minimum atomic E-state index is -0.382. The van der Waals surface area contributed by atoms with Gasteiger partial charge >= 0.3 is 6.03 Å². The van der Waals surface area contributed by atoms with Crippen LogP contribution in [0.4, 0.5) is 16.3 Å². The van der Waals surface area contributed by atoms with Crippen LogP contribution in [0.5, 0.6) is 0 Å². The fraction of sp³-hybridized carbons (Fsp3) is 0.267. The number of hydrogen-bond donors (Lipinski definition) is 3. The number of nitrogens with zero attached hydrogens (tertiary/aromatic N) is 1. The minimum Gasteiger partial charge on any atom is -0.308 e. The number of carbonyl (C=O) groups is 2. The van der Waals surface area contributed by atoms with Gasteiger partial charge in [-0.25, -0.2) is 4.79 Å². The van der Waals surface area contributed by atoms with E-state index in [2.05, 4.69) is 20.8 Å². The van der Waals surface area contributed by atoms with Gasteiger partial charge in [-0.1, -0.05) is 13.8 Å². The van der Waals surface area contributed by atoms with E-state index in [1.807, 2.05) is 13.8 Å². The molecule has 0 aliphatic rings. The first-order valence-electron chi connectivity index (χ1n) is 6.70. The highest BCUT2D eigenvalue weighted by atomic mass is 16.2. The van der Waals surface area contributed by atoms with Crippen LogP contribution in [0.25, 0.3) is 0 Å². The predicted molar refractivity (Wildman–Crippen MR) is 81.8 cm³/mol. The Morgan fingerprint density at radius 1 is 1.14 bits per heavy atom. The van der Waals surface area contributed by atoms with Gasteiger partial charge in [0.1, 0.15) is 0 Å². The van der Waals surface area contributed by atoms with Gasteiger partial charge < -0.3 is 5.32 Å². The molecule has 0 atom stereocenters. The molecular weight excluding hydrogens is 268 g/mol. The summed E-state index contributed by atoms with van der Waals surface area (Å²) in [5.41, 5.74) is 2.17. The van der Waals surface area contributed by atoms with E-state index in [1.54, 1.807) is 30.3 Å². The number of aromatic nitrogens is 2. The van der Waals surface area contributed by atoms with Gasteiger partial charge in [0.05, 0.1) is 0 Å². The molecule has 2 aromatic rings. The molecule has 0 aliphatic heterocycles. The summed E-state index contributed by atoms with van der Waals surface area (Å²) >= 11 is 0. The van der Waals surface area contributed by atoms with Crippen molar-refractivity contribution in [1.29, 1.82) is 0 Å². The molecule has 0 spiro atoms. The van der Waals surface area contributed by atoms with Crippen molar-refractivity contribution in [3.63, 3.8) is 0 Å². The summed E-state index contributed by atoms with van der Waals surface area (Å²) in [6.07, 6.45) is 0. The highest BCUT2D eigenvalue weighted by Gasteiger charge is 2.08. The molecule has 110 valence electrons. The molecule has 1 aromatic carbocycles. The van der Waals surface area contributed by atoms with Gasteiger partial charge in [-0.3, -0.25) is 15.2 Å². The summed E-state index contributed by atoms with van der Waals surface area (Å²) < 4.78 is 0. The molecule has 6 heteroatoms. The molecule has 0 fully saturated rings. The third kappa shape index (κ3) is 3.92. The highest BCUT2D eigenvalue weighted by molar-refractivity contribution is 6.00. The van der Waals surface area contributed by atoms with E-state index < -0.39 is 0 Å². The van der Waals surface area contributed by atoms with Crippen LogP contribution in [0.3, 0.4) is 0 Å². The number of nitrogens with one attached hydrogen (secondary N) is 3. The third-order valence-corrected chi connectivity index (χ3v) is 3.01. The number of hydrogen-bond acceptors (Lipinski definition) is 3. The Morgan fingerprint density at radius 3 is 2.33 bits per heavy atom. The number of urea groups is 1. The zero-order valence-electron chi connectivity index (χ0n) is 12.2. The number of H-pyrrole nitrogens is 1. The lowest BCUT2D eigenvalue weighted by atomic mass is 10.1. The number of anilines is 2. The Bertz CT molecular complexity index is 644. The Kier molecular flexibility index (Phi) is 4.37. The van der Waals surface area contributed by atoms with Crippen LogP contribution >= 0.6 is 0 Å². The summed E-state index contributed by atoms with van der Waals surface area (Å²) in [5.74, 6) is 0.774. The normalized spacial score (nSPS) is 10.5. The van der Waals surface area contributed by atoms with Crippen molar-refractivity contribution in [3.05, 3.63) is 41.6 Å². The maximum absolute atomic E-state index is 11.8. The van der Waals surface area contributed by atoms with Crippen LogP contribution in [-0.4, -0.2) is 22.0 Å². The van der Waals surface area contributed by atoms with E-state index in [1.165, 1.54) is 6.92 Å². The SMILES string of the molecule is CC(=O)c1ccc(NC(=O)Nc2cc(C(C)C)[nH]n2)cc1. The minimum absolute atomic E-state index is 0.0104. The van der Waals surface area contributed by atoms with Gasteiger partial charge in [0.25, 0.3) is 0 Å². The van der Waals surface area contributed by atoms with Crippen molar-refractivity contribution >= 4 is 23.3 Å². The summed E-state index contributed by atoms with van der Waals surface area (Å²) in [6.45, 7) is 5.57. The number of ketones is 1. The zero-order chi connectivity index (χ0) is 15.4. The van der Waals surface area contributed by atoms with E-state index in [-0.39, 0.29) is 11.8 Å². The maximum Gasteiger partial charge on any atom is 0.324 e. The van der Waals surface area contributed by atoms with Crippen molar-refractivity contribution < 1.29 is 9.59 Å². The van der Waals surface area contributed by atoms with Crippen molar-refractivity contribution in [2.45, 2.75) is 26.7 Å². The van der Waals surface area contributed by atoms with E-state index >= 15 is 0 Å². The molecule has 0 bridgehead atoms. The van der Waals surface area contributed by atoms with Crippen molar-refractivity contribution in [3.8, 4) is 0 Å². The number of benzene rings is 1. The summed E-state index contributed by atoms with van der Waals surface area (Å²) in [5, 5.41) is 12.2. The first-order chi connectivity index (χ1) is 9.95. The largest absolute Gasteiger partial charge is 0.324 e. The molecule has 3 N–H and O–H groups in total. The van der Waals surface area contributed by atoms with E-state index in [0.29, 0.717) is 23.0 Å². The Hall–Kier alpha value is -2.63. The van der Waals surface area contributed by atoms with Gasteiger partial charge in [-0.2, -0.15) is 5.10 Å². The van der Waals surface area contributed by atoms with Crippen LogP contribution < -0.4 is 10.6 Å². The molecule has 0 unspecified atom stereocenters. The summed E-state index contributed by atoms with van der Waals surface area (Å²) in [7, 11) is 0. The molecule has 1 aromatic heterocycles. The van der Waals surface area contributed by atoms with Crippen LogP contribution in [-0.2, 0) is 0 Å². The third-order valence-electron chi connectivity index (χ3n) is 3.01. The van der Waals surface area contributed by atoms with Crippen LogP contribution in [0.1, 0.15) is 42.7 Å². The van der Waals surface area contributed by atoms with Crippen LogP contribution in [0.15, 0.2) is 30.3 Å². The first-order valence-corrected chi connectivity index (χ1v) is 6.70. The Morgan fingerprint density at radius 2 is 1.81 bits per heavy atom. The number of aromatic amines is 1. The first kappa shape index (κ1) is 14.8. The fourth-order valence-corrected chi connectivity index (χ4v) is 1.76. The molecule has 1 heterocycles. The Labute approximate surface area is 122 Å². The lowest BCUT2D eigenvalue weighted by Crippen LogP contribution is -2.19. The second kappa shape index (κ2) is 6.21. The quantitative estimate of drug-likeness (QED) is 0.753. The number of amides is 2. The van der Waals surface area contributed by atoms with Gasteiger partial charge in [0.2, 0.25) is 0 Å². The Balaban J connectivity index is 1.96. The molecule has 21 heavy (non-hydrogen) atoms. The molecule has 0 radical (unpaired) electrons. The highest BCUT2D eigenvalue weighted by Crippen LogP contribution is 2.15. The molecule has 0 aliphatic carbocycles. The van der Waals surface area contributed by atoms with Crippen molar-refractivity contribution in [2.75, 3.05) is 10.6 Å². The van der Waals surface area contributed by atoms with Gasteiger partial charge in [0, 0.05) is 23.0 Å². The average molecular weight is 286 g/mol. The van der Waals surface area contributed by atoms with E-state index in [9.17, 15) is 9.59 Å². The van der Waals surface area contributed by atoms with Crippen LogP contribution in [0.2, 0.25) is 0 Å². The standard InChI is InChI=1S/C15H18N4O2/c1-9(2)13-8-14(19-18-13)17-15(21)16-12-6-4-11(5-7-12)10(3)20/h4-9H,1-3H3,(H3,16,17,18,19,21). The van der Waals surface area contributed by atoms with Crippen LogP contribution in [0, 0.1) is 0 Å². The lowest BCUT2D eigenvalue weighted by molar-refractivity contribution is 0.101. The zero-order valence-corrected chi connectivity index (χ0v) is 12.2. The van der Waals surface area contributed by atoms with E-state index in [4.69, 9.17) is 0 Å². The van der Waals surface area contributed by atoms with Crippen molar-refractivity contribution in [1.82, 2.24) is 10.2 Å². The topological polar surface area (TPSA) is 86.9 Å². The molecule has 6 nitrogen and oxygen atoms in total. The molecule has 0 saturated heterocycles. The number of Topliss-reactive ketones (excluding diaryl/α,β-unsaturated/α-hetero) is 1. The fourth-order valence-electron chi connectivity index (χ4n) is 1.76. The predicted octanol–water partition coefficient (Wildman–Crippen LogP) is 3.38. The number of rotatable bonds is 4. The maximum atomic E-state index is 11.8.